The largest absolute Gasteiger partial charge is 0.307 e. The first-order valence-corrected chi connectivity index (χ1v) is 20.1. The molecule has 0 aliphatic heterocycles. The van der Waals surface area contributed by atoms with E-state index in [9.17, 15) is 0 Å². The third-order valence-electron chi connectivity index (χ3n) is 11.3. The number of hydrogen-bond donors (Lipinski definition) is 0. The lowest BCUT2D eigenvalue weighted by Gasteiger charge is -2.22. The van der Waals surface area contributed by atoms with Crippen LogP contribution in [0.1, 0.15) is 0 Å². The molecule has 12 rings (SSSR count). The summed E-state index contributed by atoms with van der Waals surface area (Å²) in [6, 6.07) is 69.4. The SMILES string of the molecule is c1ccc(-c2cc(-c3ccccc3)nc(-c3c(-n4c5ccccc5c5ccccc54)c(-n4c5ccccc5c5ccccc54)cc4sc5ccccc5c34)n2)cc1. The van der Waals surface area contributed by atoms with Gasteiger partial charge >= 0.3 is 0 Å². The highest BCUT2D eigenvalue weighted by atomic mass is 32.1. The molecular weight excluding hydrogens is 713 g/mol. The Labute approximate surface area is 332 Å². The van der Waals surface area contributed by atoms with E-state index in [1.54, 1.807) is 0 Å². The molecule has 0 N–H and O–H groups in total. The van der Waals surface area contributed by atoms with Gasteiger partial charge in [-0.3, -0.25) is 0 Å². The van der Waals surface area contributed by atoms with Crippen molar-refractivity contribution in [1.29, 1.82) is 0 Å². The van der Waals surface area contributed by atoms with Crippen LogP contribution >= 0.6 is 11.3 Å². The van der Waals surface area contributed by atoms with Gasteiger partial charge in [0.15, 0.2) is 5.82 Å². The zero-order valence-electron chi connectivity index (χ0n) is 30.7. The Balaban J connectivity index is 1.35. The summed E-state index contributed by atoms with van der Waals surface area (Å²) in [7, 11) is 0. The molecule has 0 spiro atoms. The van der Waals surface area contributed by atoms with Gasteiger partial charge in [0.2, 0.25) is 0 Å². The van der Waals surface area contributed by atoms with Crippen molar-refractivity contribution in [2.24, 2.45) is 0 Å². The lowest BCUT2D eigenvalue weighted by molar-refractivity contribution is 1.09. The fraction of sp³-hybridized carbons (Fsp3) is 0. The number of para-hydroxylation sites is 4. The molecule has 0 fully saturated rings. The molecule has 8 aromatic carbocycles. The lowest BCUT2D eigenvalue weighted by Crippen LogP contribution is -2.08. The fourth-order valence-electron chi connectivity index (χ4n) is 8.90. The average Bonchev–Trinajstić information content (AvgIpc) is 3.94. The first-order chi connectivity index (χ1) is 28.3. The van der Waals surface area contributed by atoms with E-state index in [4.69, 9.17) is 9.97 Å². The molecule has 0 atom stereocenters. The maximum absolute atomic E-state index is 5.58. The highest BCUT2D eigenvalue weighted by Gasteiger charge is 2.28. The van der Waals surface area contributed by atoms with Gasteiger partial charge in [-0.2, -0.15) is 0 Å². The molecular formula is C52H32N4S. The second-order valence-corrected chi connectivity index (χ2v) is 15.6. The van der Waals surface area contributed by atoms with Crippen LogP contribution in [0, 0.1) is 0 Å². The van der Waals surface area contributed by atoms with Crippen LogP contribution in [-0.4, -0.2) is 19.1 Å². The predicted octanol–water partition coefficient (Wildman–Crippen LogP) is 14.0. The normalized spacial score (nSPS) is 11.9. The number of nitrogens with zero attached hydrogens (tertiary/aromatic N) is 4. The molecule has 0 unspecified atom stereocenters. The standard InChI is InChI=1S/C52H32N4S/c1-3-17-33(18-4-1)40-31-41(34-19-5-2-6-20-34)54-52(53-40)50-49-39-25-11-16-30-47(39)57-48(49)32-46(55-42-26-12-7-21-35(42)36-22-8-13-27-43(36)55)51(50)56-44-28-14-9-23-37(44)38-24-10-15-29-45(38)56/h1-32H. The van der Waals surface area contributed by atoms with Gasteiger partial charge in [0, 0.05) is 52.8 Å². The Hall–Kier alpha value is -7.34. The molecule has 0 saturated heterocycles. The third-order valence-corrected chi connectivity index (χ3v) is 12.5. The van der Waals surface area contributed by atoms with E-state index in [1.165, 1.54) is 36.3 Å². The Morgan fingerprint density at radius 2 is 0.789 bits per heavy atom. The summed E-state index contributed by atoms with van der Waals surface area (Å²) in [5.74, 6) is 0.684. The first kappa shape index (κ1) is 32.0. The van der Waals surface area contributed by atoms with Gasteiger partial charge < -0.3 is 9.13 Å². The molecule has 0 bridgehead atoms. The molecule has 0 radical (unpaired) electrons. The molecule has 4 heterocycles. The number of thiophene rings is 1. The zero-order valence-corrected chi connectivity index (χ0v) is 31.5. The number of rotatable bonds is 5. The quantitative estimate of drug-likeness (QED) is 0.176. The molecule has 4 nitrogen and oxygen atoms in total. The van der Waals surface area contributed by atoms with Crippen molar-refractivity contribution in [3.05, 3.63) is 194 Å². The van der Waals surface area contributed by atoms with Crippen molar-refractivity contribution >= 4 is 75.1 Å². The molecule has 0 aliphatic rings. The van der Waals surface area contributed by atoms with Crippen molar-refractivity contribution in [3.8, 4) is 45.3 Å². The van der Waals surface area contributed by atoms with E-state index in [0.29, 0.717) is 5.82 Å². The highest BCUT2D eigenvalue weighted by molar-refractivity contribution is 7.26. The van der Waals surface area contributed by atoms with Gasteiger partial charge in [0.05, 0.1) is 50.4 Å². The molecule has 0 aliphatic carbocycles. The molecule has 12 aromatic rings. The Bertz CT molecular complexity index is 3360. The predicted molar refractivity (Wildman–Crippen MR) is 240 cm³/mol. The van der Waals surface area contributed by atoms with Crippen molar-refractivity contribution in [2.45, 2.75) is 0 Å². The minimum absolute atomic E-state index is 0.684. The highest BCUT2D eigenvalue weighted by Crippen LogP contribution is 2.49. The molecule has 57 heavy (non-hydrogen) atoms. The van der Waals surface area contributed by atoms with Crippen molar-refractivity contribution in [3.63, 3.8) is 0 Å². The summed E-state index contributed by atoms with van der Waals surface area (Å²) in [6.45, 7) is 0. The maximum Gasteiger partial charge on any atom is 0.163 e. The van der Waals surface area contributed by atoms with Gasteiger partial charge in [-0.25, -0.2) is 9.97 Å². The molecule has 0 saturated carbocycles. The lowest BCUT2D eigenvalue weighted by atomic mass is 10.00. The van der Waals surface area contributed by atoms with Gasteiger partial charge in [-0.15, -0.1) is 11.3 Å². The van der Waals surface area contributed by atoms with Crippen molar-refractivity contribution < 1.29 is 0 Å². The van der Waals surface area contributed by atoms with Crippen molar-refractivity contribution in [1.82, 2.24) is 19.1 Å². The van der Waals surface area contributed by atoms with Gasteiger partial charge in [-0.05, 0) is 42.5 Å². The smallest absolute Gasteiger partial charge is 0.163 e. The van der Waals surface area contributed by atoms with Crippen LogP contribution < -0.4 is 0 Å². The third kappa shape index (κ3) is 4.86. The number of fused-ring (bicyclic) bond motifs is 9. The monoisotopic (exact) mass is 744 g/mol. The maximum atomic E-state index is 5.58. The summed E-state index contributed by atoms with van der Waals surface area (Å²) >= 11 is 1.83. The van der Waals surface area contributed by atoms with E-state index in [0.717, 1.165) is 66.9 Å². The molecule has 5 heteroatoms. The van der Waals surface area contributed by atoms with Crippen molar-refractivity contribution in [2.75, 3.05) is 0 Å². The van der Waals surface area contributed by atoms with Crippen LogP contribution in [0.2, 0.25) is 0 Å². The Kier molecular flexibility index (Phi) is 7.06. The Morgan fingerprint density at radius 1 is 0.368 bits per heavy atom. The van der Waals surface area contributed by atoms with Crippen LogP contribution in [0.4, 0.5) is 0 Å². The fourth-order valence-corrected chi connectivity index (χ4v) is 10.0. The minimum Gasteiger partial charge on any atom is -0.307 e. The van der Waals surface area contributed by atoms with E-state index >= 15 is 0 Å². The second-order valence-electron chi connectivity index (χ2n) is 14.5. The summed E-state index contributed by atoms with van der Waals surface area (Å²) in [4.78, 5) is 11.2. The van der Waals surface area contributed by atoms with Crippen LogP contribution in [0.15, 0.2) is 194 Å². The van der Waals surface area contributed by atoms with E-state index in [1.807, 2.05) is 11.3 Å². The van der Waals surface area contributed by atoms with E-state index < -0.39 is 0 Å². The van der Waals surface area contributed by atoms with E-state index in [2.05, 4.69) is 203 Å². The summed E-state index contributed by atoms with van der Waals surface area (Å²) < 4.78 is 7.35. The van der Waals surface area contributed by atoms with Gasteiger partial charge in [-0.1, -0.05) is 152 Å². The van der Waals surface area contributed by atoms with Crippen LogP contribution in [0.25, 0.3) is 109 Å². The van der Waals surface area contributed by atoms with Crippen LogP contribution in [-0.2, 0) is 0 Å². The number of benzene rings is 8. The summed E-state index contributed by atoms with van der Waals surface area (Å²) in [5.41, 5.74) is 11.5. The van der Waals surface area contributed by atoms with Gasteiger partial charge in [0.1, 0.15) is 0 Å². The van der Waals surface area contributed by atoms with Gasteiger partial charge in [0.25, 0.3) is 0 Å². The summed E-state index contributed by atoms with van der Waals surface area (Å²) in [5, 5.41) is 7.18. The molecule has 0 amide bonds. The Morgan fingerprint density at radius 3 is 1.30 bits per heavy atom. The summed E-state index contributed by atoms with van der Waals surface area (Å²) in [6.07, 6.45) is 0. The number of hydrogen-bond acceptors (Lipinski definition) is 3. The first-order valence-electron chi connectivity index (χ1n) is 19.3. The van der Waals surface area contributed by atoms with Crippen LogP contribution in [0.5, 0.6) is 0 Å². The molecule has 4 aromatic heterocycles. The average molecular weight is 745 g/mol. The zero-order chi connectivity index (χ0) is 37.5. The molecule has 266 valence electrons. The number of aromatic nitrogens is 4. The van der Waals surface area contributed by atoms with E-state index in [-0.39, 0.29) is 0 Å². The topological polar surface area (TPSA) is 35.6 Å². The second kappa shape index (κ2) is 12.6. The minimum atomic E-state index is 0.684. The van der Waals surface area contributed by atoms with Crippen LogP contribution in [0.3, 0.4) is 0 Å².